The molecule has 0 heterocycles. The second-order valence-corrected chi connectivity index (χ2v) is 10.9. The SMILES string of the molecule is CCCCCCCC1CCC(c2ccc3c(F)c(CCc4cc(F)c(OC(F)(F)F)c(F)c4)ccc3c2)CC1. The summed E-state index contributed by atoms with van der Waals surface area (Å²) in [5.74, 6) is -3.47. The lowest BCUT2D eigenvalue weighted by Crippen LogP contribution is -2.19. The van der Waals surface area contributed by atoms with Crippen LogP contribution in [0, 0.1) is 23.4 Å². The van der Waals surface area contributed by atoms with Crippen molar-refractivity contribution < 1.29 is 31.1 Å². The van der Waals surface area contributed by atoms with Crippen LogP contribution >= 0.6 is 0 Å². The van der Waals surface area contributed by atoms with Crippen molar-refractivity contribution in [2.24, 2.45) is 5.92 Å². The molecule has 0 saturated heterocycles. The molecule has 1 saturated carbocycles. The van der Waals surface area contributed by atoms with E-state index in [2.05, 4.69) is 17.7 Å². The number of benzene rings is 3. The molecule has 3 aromatic carbocycles. The number of unbranched alkanes of at least 4 members (excludes halogenated alkanes) is 4. The zero-order valence-electron chi connectivity index (χ0n) is 22.4. The number of hydrogen-bond donors (Lipinski definition) is 0. The van der Waals surface area contributed by atoms with Gasteiger partial charge in [0.2, 0.25) is 5.75 Å². The lowest BCUT2D eigenvalue weighted by molar-refractivity contribution is -0.276. The number of rotatable bonds is 11. The van der Waals surface area contributed by atoms with Gasteiger partial charge in [0.1, 0.15) is 5.82 Å². The zero-order chi connectivity index (χ0) is 28.0. The van der Waals surface area contributed by atoms with E-state index in [0.29, 0.717) is 16.9 Å². The van der Waals surface area contributed by atoms with Crippen LogP contribution in [0.25, 0.3) is 10.8 Å². The smallest absolute Gasteiger partial charge is 0.399 e. The molecule has 0 aliphatic heterocycles. The van der Waals surface area contributed by atoms with Crippen LogP contribution in [-0.4, -0.2) is 6.36 Å². The Balaban J connectivity index is 1.36. The fraction of sp³-hybridized carbons (Fsp3) is 0.500. The highest BCUT2D eigenvalue weighted by Gasteiger charge is 2.34. The van der Waals surface area contributed by atoms with E-state index < -0.39 is 23.7 Å². The van der Waals surface area contributed by atoms with E-state index >= 15 is 4.39 Å². The largest absolute Gasteiger partial charge is 0.573 e. The van der Waals surface area contributed by atoms with Gasteiger partial charge >= 0.3 is 6.36 Å². The monoisotopic (exact) mass is 550 g/mol. The molecule has 1 fully saturated rings. The van der Waals surface area contributed by atoms with E-state index in [-0.39, 0.29) is 24.2 Å². The van der Waals surface area contributed by atoms with Crippen molar-refractivity contribution in [3.05, 3.63) is 76.6 Å². The maximum atomic E-state index is 15.3. The summed E-state index contributed by atoms with van der Waals surface area (Å²) in [6.07, 6.45) is 7.73. The van der Waals surface area contributed by atoms with Gasteiger partial charge in [-0.2, -0.15) is 0 Å². The molecule has 0 spiro atoms. The second kappa shape index (κ2) is 13.1. The highest BCUT2D eigenvalue weighted by Crippen LogP contribution is 2.39. The lowest BCUT2D eigenvalue weighted by Gasteiger charge is -2.29. The molecule has 0 amide bonds. The molecule has 39 heavy (non-hydrogen) atoms. The third kappa shape index (κ3) is 7.92. The van der Waals surface area contributed by atoms with Gasteiger partial charge < -0.3 is 4.74 Å². The third-order valence-electron chi connectivity index (χ3n) is 8.05. The van der Waals surface area contributed by atoms with Crippen LogP contribution in [-0.2, 0) is 12.8 Å². The van der Waals surface area contributed by atoms with Gasteiger partial charge in [0.15, 0.2) is 11.6 Å². The minimum atomic E-state index is -5.20. The van der Waals surface area contributed by atoms with Crippen LogP contribution in [0.1, 0.15) is 93.7 Å². The van der Waals surface area contributed by atoms with E-state index in [0.717, 1.165) is 36.3 Å². The van der Waals surface area contributed by atoms with Gasteiger partial charge in [0.05, 0.1) is 0 Å². The van der Waals surface area contributed by atoms with E-state index in [9.17, 15) is 22.0 Å². The standard InChI is InChI=1S/C32H36F6O/c1-2-3-4-5-6-7-21-8-11-23(12-9-21)25-16-17-27-26(20-25)15-14-24(30(27)35)13-10-22-18-28(33)31(29(34)19-22)39-32(36,37)38/h14-21,23H,2-13H2,1H3. The van der Waals surface area contributed by atoms with Crippen LogP contribution in [0.15, 0.2) is 42.5 Å². The van der Waals surface area contributed by atoms with Crippen molar-refractivity contribution in [1.82, 2.24) is 0 Å². The third-order valence-corrected chi connectivity index (χ3v) is 8.05. The fourth-order valence-corrected chi connectivity index (χ4v) is 5.87. The Bertz CT molecular complexity index is 1220. The van der Waals surface area contributed by atoms with Crippen LogP contribution < -0.4 is 4.74 Å². The molecule has 7 heteroatoms. The molecule has 1 aliphatic rings. The number of ether oxygens (including phenoxy) is 1. The predicted octanol–water partition coefficient (Wildman–Crippen LogP) is 10.6. The minimum Gasteiger partial charge on any atom is -0.399 e. The Hall–Kier alpha value is -2.70. The summed E-state index contributed by atoms with van der Waals surface area (Å²) in [5.41, 5.74) is 1.74. The number of aryl methyl sites for hydroxylation is 2. The molecule has 0 atom stereocenters. The summed E-state index contributed by atoms with van der Waals surface area (Å²) in [4.78, 5) is 0. The molecule has 0 aromatic heterocycles. The Morgan fingerprint density at radius 1 is 0.795 bits per heavy atom. The van der Waals surface area contributed by atoms with Crippen molar-refractivity contribution >= 4 is 10.8 Å². The molecule has 0 N–H and O–H groups in total. The summed E-state index contributed by atoms with van der Waals surface area (Å²) < 4.78 is 83.9. The predicted molar refractivity (Wildman–Crippen MR) is 142 cm³/mol. The molecule has 212 valence electrons. The zero-order valence-corrected chi connectivity index (χ0v) is 22.4. The summed E-state index contributed by atoms with van der Waals surface area (Å²) in [5, 5.41) is 1.31. The maximum absolute atomic E-state index is 15.3. The van der Waals surface area contributed by atoms with Crippen LogP contribution in [0.2, 0.25) is 0 Å². The molecule has 1 aliphatic carbocycles. The van der Waals surface area contributed by atoms with Crippen LogP contribution in [0.3, 0.4) is 0 Å². The first-order chi connectivity index (χ1) is 18.6. The highest BCUT2D eigenvalue weighted by molar-refractivity contribution is 5.84. The van der Waals surface area contributed by atoms with Crippen LogP contribution in [0.4, 0.5) is 26.3 Å². The molecular weight excluding hydrogens is 514 g/mol. The molecule has 1 nitrogen and oxygen atoms in total. The molecule has 3 aromatic rings. The Labute approximate surface area is 226 Å². The first kappa shape index (κ1) is 29.3. The Morgan fingerprint density at radius 3 is 2.15 bits per heavy atom. The van der Waals surface area contributed by atoms with Gasteiger partial charge in [-0.25, -0.2) is 13.2 Å². The molecule has 0 bridgehead atoms. The number of fused-ring (bicyclic) bond motifs is 1. The highest BCUT2D eigenvalue weighted by atomic mass is 19.4. The summed E-state index contributed by atoms with van der Waals surface area (Å²) >= 11 is 0. The van der Waals surface area contributed by atoms with Gasteiger partial charge in [-0.1, -0.05) is 75.8 Å². The van der Waals surface area contributed by atoms with E-state index in [1.54, 1.807) is 6.07 Å². The molecular formula is C32H36F6O. The quantitative estimate of drug-likeness (QED) is 0.170. The van der Waals surface area contributed by atoms with Gasteiger partial charge in [-0.15, -0.1) is 13.2 Å². The lowest BCUT2D eigenvalue weighted by atomic mass is 9.76. The van der Waals surface area contributed by atoms with Gasteiger partial charge in [0.25, 0.3) is 0 Å². The van der Waals surface area contributed by atoms with Crippen molar-refractivity contribution in [2.45, 2.75) is 96.3 Å². The maximum Gasteiger partial charge on any atom is 0.573 e. The topological polar surface area (TPSA) is 9.23 Å². The van der Waals surface area contributed by atoms with Crippen molar-refractivity contribution in [1.29, 1.82) is 0 Å². The molecule has 0 radical (unpaired) electrons. The number of hydrogen-bond acceptors (Lipinski definition) is 1. The van der Waals surface area contributed by atoms with E-state index in [4.69, 9.17) is 0 Å². The van der Waals surface area contributed by atoms with Gasteiger partial charge in [-0.05, 0) is 84.6 Å². The first-order valence-electron chi connectivity index (χ1n) is 14.1. The Morgan fingerprint density at radius 2 is 1.49 bits per heavy atom. The summed E-state index contributed by atoms with van der Waals surface area (Å²) in [7, 11) is 0. The summed E-state index contributed by atoms with van der Waals surface area (Å²) in [6, 6.07) is 11.0. The number of halogens is 6. The number of alkyl halides is 3. The molecule has 4 rings (SSSR count). The van der Waals surface area contributed by atoms with E-state index in [1.807, 2.05) is 18.2 Å². The van der Waals surface area contributed by atoms with Crippen LogP contribution in [0.5, 0.6) is 5.75 Å². The average molecular weight is 551 g/mol. The normalized spacial score (nSPS) is 18.0. The fourth-order valence-electron chi connectivity index (χ4n) is 5.87. The average Bonchev–Trinajstić information content (AvgIpc) is 2.90. The van der Waals surface area contributed by atoms with Crippen molar-refractivity contribution in [2.75, 3.05) is 0 Å². The first-order valence-corrected chi connectivity index (χ1v) is 14.1. The Kier molecular flexibility index (Phi) is 9.84. The van der Waals surface area contributed by atoms with Gasteiger partial charge in [0, 0.05) is 5.39 Å². The summed E-state index contributed by atoms with van der Waals surface area (Å²) in [6.45, 7) is 2.24. The van der Waals surface area contributed by atoms with E-state index in [1.165, 1.54) is 56.9 Å². The second-order valence-electron chi connectivity index (χ2n) is 10.9. The molecule has 0 unspecified atom stereocenters. The van der Waals surface area contributed by atoms with Crippen molar-refractivity contribution in [3.8, 4) is 5.75 Å². The van der Waals surface area contributed by atoms with Gasteiger partial charge in [-0.3, -0.25) is 0 Å². The van der Waals surface area contributed by atoms with Crippen molar-refractivity contribution in [3.63, 3.8) is 0 Å². The minimum absolute atomic E-state index is 0.0580.